The summed E-state index contributed by atoms with van der Waals surface area (Å²) in [5.41, 5.74) is 2.49. The normalized spacial score (nSPS) is 16.8. The van der Waals surface area contributed by atoms with E-state index in [1.165, 1.54) is 6.92 Å². The van der Waals surface area contributed by atoms with Crippen LogP contribution in [0, 0.1) is 0 Å². The minimum Gasteiger partial charge on any atom is -0.309 e. The third-order valence-corrected chi connectivity index (χ3v) is 4.35. The molecular formula is C16H24N2O2. The second-order valence-electron chi connectivity index (χ2n) is 5.64. The van der Waals surface area contributed by atoms with Crippen LogP contribution < -0.4 is 5.56 Å². The molecule has 0 saturated carbocycles. The molecule has 1 aliphatic heterocycles. The Balaban J connectivity index is 2.63. The van der Waals surface area contributed by atoms with E-state index in [1.54, 1.807) is 0 Å². The van der Waals surface area contributed by atoms with Crippen molar-refractivity contribution in [3.8, 4) is 0 Å². The van der Waals surface area contributed by atoms with Crippen molar-refractivity contribution < 1.29 is 4.79 Å². The van der Waals surface area contributed by atoms with E-state index >= 15 is 0 Å². The van der Waals surface area contributed by atoms with Gasteiger partial charge in [0.2, 0.25) is 0 Å². The second-order valence-corrected chi connectivity index (χ2v) is 5.64. The lowest BCUT2D eigenvalue weighted by Crippen LogP contribution is -2.38. The minimum atomic E-state index is -0.136. The predicted molar refractivity (Wildman–Crippen MR) is 80.4 cm³/mol. The van der Waals surface area contributed by atoms with Gasteiger partial charge in [-0.1, -0.05) is 13.8 Å². The molecule has 2 heterocycles. The Labute approximate surface area is 120 Å². The molecule has 110 valence electrons. The maximum atomic E-state index is 12.6. The van der Waals surface area contributed by atoms with Gasteiger partial charge in [-0.3, -0.25) is 14.5 Å². The number of fused-ring (bicyclic) bond motifs is 1. The standard InChI is InChI=1S/C16H24N2O2/c1-5-11(3)18-15-7-8-17(6-2)10-13(15)9-14(12(4)19)16(18)20/h9,11H,5-8,10H2,1-4H3. The van der Waals surface area contributed by atoms with Crippen molar-refractivity contribution in [2.45, 2.75) is 53.1 Å². The average molecular weight is 276 g/mol. The molecule has 1 atom stereocenters. The number of hydrogen-bond acceptors (Lipinski definition) is 3. The van der Waals surface area contributed by atoms with E-state index in [2.05, 4.69) is 25.7 Å². The van der Waals surface area contributed by atoms with Crippen LogP contribution in [0.15, 0.2) is 10.9 Å². The Morgan fingerprint density at radius 3 is 2.65 bits per heavy atom. The molecule has 0 N–H and O–H groups in total. The first-order chi connectivity index (χ1) is 9.49. The molecule has 4 heteroatoms. The molecule has 2 rings (SSSR count). The summed E-state index contributed by atoms with van der Waals surface area (Å²) < 4.78 is 1.86. The first-order valence-corrected chi connectivity index (χ1v) is 7.50. The summed E-state index contributed by atoms with van der Waals surface area (Å²) in [4.78, 5) is 26.6. The number of hydrogen-bond donors (Lipinski definition) is 0. The highest BCUT2D eigenvalue weighted by Crippen LogP contribution is 2.22. The predicted octanol–water partition coefficient (Wildman–Crippen LogP) is 2.40. The number of likely N-dealkylation sites (N-methyl/N-ethyl adjacent to an activating group) is 1. The molecule has 0 bridgehead atoms. The average Bonchev–Trinajstić information content (AvgIpc) is 2.45. The lowest BCUT2D eigenvalue weighted by Gasteiger charge is -2.31. The van der Waals surface area contributed by atoms with Crippen molar-refractivity contribution in [2.75, 3.05) is 13.1 Å². The molecular weight excluding hydrogens is 252 g/mol. The van der Waals surface area contributed by atoms with E-state index < -0.39 is 0 Å². The molecule has 1 aromatic rings. The van der Waals surface area contributed by atoms with Crippen LogP contribution in [-0.2, 0) is 13.0 Å². The molecule has 0 amide bonds. The molecule has 0 radical (unpaired) electrons. The van der Waals surface area contributed by atoms with Gasteiger partial charge in [-0.25, -0.2) is 0 Å². The van der Waals surface area contributed by atoms with Gasteiger partial charge in [0.1, 0.15) is 0 Å². The maximum absolute atomic E-state index is 12.6. The van der Waals surface area contributed by atoms with Gasteiger partial charge in [0.25, 0.3) is 5.56 Å². The molecule has 0 saturated heterocycles. The van der Waals surface area contributed by atoms with E-state index in [9.17, 15) is 9.59 Å². The summed E-state index contributed by atoms with van der Waals surface area (Å²) in [6.07, 6.45) is 1.78. The van der Waals surface area contributed by atoms with Crippen molar-refractivity contribution in [1.29, 1.82) is 0 Å². The monoisotopic (exact) mass is 276 g/mol. The quantitative estimate of drug-likeness (QED) is 0.793. The first-order valence-electron chi connectivity index (χ1n) is 7.50. The molecule has 0 fully saturated rings. The lowest BCUT2D eigenvalue weighted by molar-refractivity contribution is 0.101. The van der Waals surface area contributed by atoms with Crippen LogP contribution >= 0.6 is 0 Å². The van der Waals surface area contributed by atoms with Gasteiger partial charge in [-0.05, 0) is 38.4 Å². The van der Waals surface area contributed by atoms with E-state index in [1.807, 2.05) is 10.6 Å². The molecule has 0 aliphatic carbocycles. The van der Waals surface area contributed by atoms with E-state index in [0.717, 1.165) is 43.7 Å². The van der Waals surface area contributed by atoms with E-state index in [4.69, 9.17) is 0 Å². The summed E-state index contributed by atoms with van der Waals surface area (Å²) in [5.74, 6) is -0.136. The van der Waals surface area contributed by atoms with Gasteiger partial charge in [0.15, 0.2) is 5.78 Å². The van der Waals surface area contributed by atoms with Gasteiger partial charge in [0.05, 0.1) is 5.56 Å². The Bertz CT molecular complexity index is 575. The van der Waals surface area contributed by atoms with Crippen molar-refractivity contribution in [1.82, 2.24) is 9.47 Å². The van der Waals surface area contributed by atoms with Crippen LogP contribution in [0.4, 0.5) is 0 Å². The fourth-order valence-electron chi connectivity index (χ4n) is 2.90. The topological polar surface area (TPSA) is 42.3 Å². The van der Waals surface area contributed by atoms with Crippen LogP contribution in [0.3, 0.4) is 0 Å². The third-order valence-electron chi connectivity index (χ3n) is 4.35. The zero-order valence-electron chi connectivity index (χ0n) is 12.9. The molecule has 4 nitrogen and oxygen atoms in total. The van der Waals surface area contributed by atoms with Crippen LogP contribution in [0.25, 0.3) is 0 Å². The third kappa shape index (κ3) is 2.57. The Hall–Kier alpha value is -1.42. The van der Waals surface area contributed by atoms with Gasteiger partial charge in [-0.15, -0.1) is 0 Å². The highest BCUT2D eigenvalue weighted by atomic mass is 16.1. The van der Waals surface area contributed by atoms with Gasteiger partial charge in [-0.2, -0.15) is 0 Å². The second kappa shape index (κ2) is 5.92. The number of Topliss-reactive ketones (excluding diaryl/α,β-unsaturated/α-hetero) is 1. The Morgan fingerprint density at radius 1 is 1.40 bits per heavy atom. The van der Waals surface area contributed by atoms with Crippen LogP contribution in [0.2, 0.25) is 0 Å². The fourth-order valence-corrected chi connectivity index (χ4v) is 2.90. The van der Waals surface area contributed by atoms with Crippen molar-refractivity contribution >= 4 is 5.78 Å². The number of nitrogens with zero attached hydrogens (tertiary/aromatic N) is 2. The number of aromatic nitrogens is 1. The zero-order valence-corrected chi connectivity index (χ0v) is 12.9. The molecule has 1 aliphatic rings. The number of rotatable bonds is 4. The first kappa shape index (κ1) is 15.0. The van der Waals surface area contributed by atoms with Crippen molar-refractivity contribution in [2.24, 2.45) is 0 Å². The van der Waals surface area contributed by atoms with E-state index in [-0.39, 0.29) is 17.4 Å². The van der Waals surface area contributed by atoms with Gasteiger partial charge >= 0.3 is 0 Å². The summed E-state index contributed by atoms with van der Waals surface area (Å²) in [5, 5.41) is 0. The number of carbonyl (C=O) groups is 1. The summed E-state index contributed by atoms with van der Waals surface area (Å²) in [7, 11) is 0. The van der Waals surface area contributed by atoms with Gasteiger partial charge in [0, 0.05) is 31.2 Å². The fraction of sp³-hybridized carbons (Fsp3) is 0.625. The van der Waals surface area contributed by atoms with Crippen LogP contribution in [-0.4, -0.2) is 28.3 Å². The number of ketones is 1. The highest BCUT2D eigenvalue weighted by Gasteiger charge is 2.23. The number of carbonyl (C=O) groups excluding carboxylic acids is 1. The largest absolute Gasteiger partial charge is 0.309 e. The Kier molecular flexibility index (Phi) is 4.43. The maximum Gasteiger partial charge on any atom is 0.261 e. The SMILES string of the molecule is CCC(C)n1c2c(cc(C(C)=O)c1=O)CN(CC)CC2. The molecule has 1 aromatic heterocycles. The van der Waals surface area contributed by atoms with Crippen LogP contribution in [0.1, 0.15) is 61.8 Å². The molecule has 0 spiro atoms. The van der Waals surface area contributed by atoms with Crippen molar-refractivity contribution in [3.63, 3.8) is 0 Å². The van der Waals surface area contributed by atoms with E-state index in [0.29, 0.717) is 5.56 Å². The van der Waals surface area contributed by atoms with Gasteiger partial charge < -0.3 is 4.57 Å². The summed E-state index contributed by atoms with van der Waals surface area (Å²) in [6, 6.07) is 1.96. The molecule has 0 aromatic carbocycles. The highest BCUT2D eigenvalue weighted by molar-refractivity contribution is 5.93. The van der Waals surface area contributed by atoms with Crippen molar-refractivity contribution in [3.05, 3.63) is 33.2 Å². The molecule has 1 unspecified atom stereocenters. The summed E-state index contributed by atoms with van der Waals surface area (Å²) in [6.45, 7) is 10.6. The molecule has 20 heavy (non-hydrogen) atoms. The Morgan fingerprint density at radius 2 is 2.10 bits per heavy atom. The smallest absolute Gasteiger partial charge is 0.261 e. The number of pyridine rings is 1. The zero-order chi connectivity index (χ0) is 14.9. The lowest BCUT2D eigenvalue weighted by atomic mass is 10.00. The van der Waals surface area contributed by atoms with Crippen LogP contribution in [0.5, 0.6) is 0 Å². The minimum absolute atomic E-state index is 0.115. The summed E-state index contributed by atoms with van der Waals surface area (Å²) >= 11 is 0.